The zero-order chi connectivity index (χ0) is 10.7. The Kier molecular flexibility index (Phi) is 3.25. The lowest BCUT2D eigenvalue weighted by atomic mass is 9.93. The van der Waals surface area contributed by atoms with Crippen molar-refractivity contribution in [2.45, 2.75) is 31.8 Å². The summed E-state index contributed by atoms with van der Waals surface area (Å²) in [5.41, 5.74) is 1.69. The summed E-state index contributed by atoms with van der Waals surface area (Å²) < 4.78 is 0. The molecule has 1 aliphatic carbocycles. The summed E-state index contributed by atoms with van der Waals surface area (Å²) >= 11 is 6.06. The van der Waals surface area contributed by atoms with Crippen molar-refractivity contribution in [3.63, 3.8) is 0 Å². The standard InChI is InChI=1S/C12H13ClN2/c13-12-6-9(7-14)4-5-10(12)8-15-11-2-1-3-11/h4-6,11,15H,1-3,8H2. The topological polar surface area (TPSA) is 35.8 Å². The average Bonchev–Trinajstić information content (AvgIpc) is 2.18. The number of nitrogens with zero attached hydrogens (tertiary/aromatic N) is 1. The van der Waals surface area contributed by atoms with Crippen molar-refractivity contribution in [3.05, 3.63) is 34.3 Å². The number of hydrogen-bond acceptors (Lipinski definition) is 2. The highest BCUT2D eigenvalue weighted by atomic mass is 35.5. The highest BCUT2D eigenvalue weighted by Gasteiger charge is 2.16. The van der Waals surface area contributed by atoms with Gasteiger partial charge >= 0.3 is 0 Å². The molecule has 1 fully saturated rings. The van der Waals surface area contributed by atoms with Gasteiger partial charge in [-0.05, 0) is 30.5 Å². The van der Waals surface area contributed by atoms with Gasteiger partial charge in [-0.1, -0.05) is 24.1 Å². The molecule has 78 valence electrons. The minimum absolute atomic E-state index is 0.618. The SMILES string of the molecule is N#Cc1ccc(CNC2CCC2)c(Cl)c1. The Hall–Kier alpha value is -1.04. The van der Waals surface area contributed by atoms with Crippen LogP contribution in [0.2, 0.25) is 5.02 Å². The maximum atomic E-state index is 8.69. The number of halogens is 1. The van der Waals surface area contributed by atoms with Crippen LogP contribution in [-0.4, -0.2) is 6.04 Å². The molecule has 0 radical (unpaired) electrons. The highest BCUT2D eigenvalue weighted by molar-refractivity contribution is 6.31. The molecule has 0 heterocycles. The van der Waals surface area contributed by atoms with Gasteiger partial charge in [-0.15, -0.1) is 0 Å². The summed E-state index contributed by atoms with van der Waals surface area (Å²) in [6, 6.07) is 8.19. The van der Waals surface area contributed by atoms with Gasteiger partial charge in [-0.2, -0.15) is 5.26 Å². The van der Waals surface area contributed by atoms with Gasteiger partial charge in [0, 0.05) is 17.6 Å². The van der Waals surface area contributed by atoms with E-state index in [1.165, 1.54) is 19.3 Å². The lowest BCUT2D eigenvalue weighted by Gasteiger charge is -2.26. The van der Waals surface area contributed by atoms with Crippen LogP contribution in [0.25, 0.3) is 0 Å². The van der Waals surface area contributed by atoms with Crippen LogP contribution in [-0.2, 0) is 6.54 Å². The number of hydrogen-bond donors (Lipinski definition) is 1. The monoisotopic (exact) mass is 220 g/mol. The van der Waals surface area contributed by atoms with Crippen molar-refractivity contribution in [1.82, 2.24) is 5.32 Å². The number of rotatable bonds is 3. The first-order valence-corrected chi connectivity index (χ1v) is 5.59. The maximum absolute atomic E-state index is 8.69. The molecule has 15 heavy (non-hydrogen) atoms. The molecule has 2 rings (SSSR count). The van der Waals surface area contributed by atoms with Gasteiger partial charge in [0.1, 0.15) is 0 Å². The van der Waals surface area contributed by atoms with Crippen molar-refractivity contribution in [2.24, 2.45) is 0 Å². The maximum Gasteiger partial charge on any atom is 0.0992 e. The van der Waals surface area contributed by atoms with Crippen molar-refractivity contribution in [3.8, 4) is 6.07 Å². The van der Waals surface area contributed by atoms with E-state index in [2.05, 4.69) is 11.4 Å². The van der Waals surface area contributed by atoms with E-state index in [0.717, 1.165) is 12.1 Å². The number of nitrogens with one attached hydrogen (secondary N) is 1. The fraction of sp³-hybridized carbons (Fsp3) is 0.417. The van der Waals surface area contributed by atoms with Crippen LogP contribution in [0.4, 0.5) is 0 Å². The van der Waals surface area contributed by atoms with Crippen LogP contribution in [0.3, 0.4) is 0 Å². The molecular formula is C12H13ClN2. The van der Waals surface area contributed by atoms with Crippen LogP contribution in [0.5, 0.6) is 0 Å². The van der Waals surface area contributed by atoms with Gasteiger partial charge in [-0.3, -0.25) is 0 Å². The number of nitriles is 1. The van der Waals surface area contributed by atoms with E-state index in [4.69, 9.17) is 16.9 Å². The van der Waals surface area contributed by atoms with E-state index in [1.807, 2.05) is 12.1 Å². The molecule has 1 saturated carbocycles. The average molecular weight is 221 g/mol. The first-order valence-electron chi connectivity index (χ1n) is 5.21. The van der Waals surface area contributed by atoms with E-state index in [-0.39, 0.29) is 0 Å². The van der Waals surface area contributed by atoms with Crippen LogP contribution in [0.1, 0.15) is 30.4 Å². The van der Waals surface area contributed by atoms with Crippen LogP contribution < -0.4 is 5.32 Å². The molecule has 0 amide bonds. The Bertz CT molecular complexity index is 391. The fourth-order valence-corrected chi connectivity index (χ4v) is 1.87. The zero-order valence-electron chi connectivity index (χ0n) is 8.46. The molecule has 1 aromatic carbocycles. The number of benzene rings is 1. The van der Waals surface area contributed by atoms with Gasteiger partial charge in [0.2, 0.25) is 0 Å². The van der Waals surface area contributed by atoms with Crippen molar-refractivity contribution in [1.29, 1.82) is 5.26 Å². The van der Waals surface area contributed by atoms with E-state index < -0.39 is 0 Å². The molecule has 0 aliphatic heterocycles. The van der Waals surface area contributed by atoms with Gasteiger partial charge < -0.3 is 5.32 Å². The Morgan fingerprint density at radius 1 is 1.47 bits per heavy atom. The molecule has 3 heteroatoms. The van der Waals surface area contributed by atoms with Crippen LogP contribution >= 0.6 is 11.6 Å². The Labute approximate surface area is 94.9 Å². The van der Waals surface area contributed by atoms with Crippen molar-refractivity contribution in [2.75, 3.05) is 0 Å². The molecule has 0 bridgehead atoms. The second kappa shape index (κ2) is 4.65. The quantitative estimate of drug-likeness (QED) is 0.851. The van der Waals surface area contributed by atoms with Crippen LogP contribution in [0, 0.1) is 11.3 Å². The Morgan fingerprint density at radius 3 is 2.80 bits per heavy atom. The van der Waals surface area contributed by atoms with E-state index in [0.29, 0.717) is 16.6 Å². The highest BCUT2D eigenvalue weighted by Crippen LogP contribution is 2.21. The van der Waals surface area contributed by atoms with Crippen molar-refractivity contribution >= 4 is 11.6 Å². The Morgan fingerprint density at radius 2 is 2.27 bits per heavy atom. The fourth-order valence-electron chi connectivity index (χ4n) is 1.63. The third kappa shape index (κ3) is 2.50. The summed E-state index contributed by atoms with van der Waals surface area (Å²) in [6.45, 7) is 0.801. The molecule has 0 atom stereocenters. The van der Waals surface area contributed by atoms with E-state index in [9.17, 15) is 0 Å². The van der Waals surface area contributed by atoms with Gasteiger partial charge in [0.05, 0.1) is 11.6 Å². The zero-order valence-corrected chi connectivity index (χ0v) is 9.22. The third-order valence-corrected chi connectivity index (χ3v) is 3.22. The van der Waals surface area contributed by atoms with E-state index in [1.54, 1.807) is 6.07 Å². The summed E-state index contributed by atoms with van der Waals surface area (Å²) in [4.78, 5) is 0. The summed E-state index contributed by atoms with van der Waals surface area (Å²) in [5, 5.41) is 12.8. The van der Waals surface area contributed by atoms with Gasteiger partial charge in [0.25, 0.3) is 0 Å². The first kappa shape index (κ1) is 10.5. The normalized spacial score (nSPS) is 15.7. The minimum Gasteiger partial charge on any atom is -0.310 e. The third-order valence-electron chi connectivity index (χ3n) is 2.87. The molecular weight excluding hydrogens is 208 g/mol. The largest absolute Gasteiger partial charge is 0.310 e. The molecule has 2 nitrogen and oxygen atoms in total. The summed E-state index contributed by atoms with van der Waals surface area (Å²) in [7, 11) is 0. The van der Waals surface area contributed by atoms with E-state index >= 15 is 0 Å². The molecule has 0 aromatic heterocycles. The summed E-state index contributed by atoms with van der Waals surface area (Å²) in [5.74, 6) is 0. The second-order valence-electron chi connectivity index (χ2n) is 3.93. The molecule has 1 aromatic rings. The first-order chi connectivity index (χ1) is 7.29. The molecule has 0 spiro atoms. The second-order valence-corrected chi connectivity index (χ2v) is 4.33. The molecule has 1 aliphatic rings. The predicted molar refractivity (Wildman–Crippen MR) is 60.6 cm³/mol. The predicted octanol–water partition coefficient (Wildman–Crippen LogP) is 2.85. The van der Waals surface area contributed by atoms with Crippen LogP contribution in [0.15, 0.2) is 18.2 Å². The molecule has 0 saturated heterocycles. The van der Waals surface area contributed by atoms with Gasteiger partial charge in [-0.25, -0.2) is 0 Å². The lowest BCUT2D eigenvalue weighted by Crippen LogP contribution is -2.34. The lowest BCUT2D eigenvalue weighted by molar-refractivity contribution is 0.338. The molecule has 0 unspecified atom stereocenters. The van der Waals surface area contributed by atoms with Crippen molar-refractivity contribution < 1.29 is 0 Å². The smallest absolute Gasteiger partial charge is 0.0992 e. The van der Waals surface area contributed by atoms with Gasteiger partial charge in [0.15, 0.2) is 0 Å². The Balaban J connectivity index is 1.98. The molecule has 1 N–H and O–H groups in total. The minimum atomic E-state index is 0.618. The summed E-state index contributed by atoms with van der Waals surface area (Å²) in [6.07, 6.45) is 3.88.